The van der Waals surface area contributed by atoms with Crippen molar-refractivity contribution in [2.45, 2.75) is 110 Å². The molecule has 1 aromatic rings. The number of carbonyl (C=O) groups excluding carboxylic acids is 1. The third-order valence-corrected chi connectivity index (χ3v) is 5.57. The lowest BCUT2D eigenvalue weighted by Crippen LogP contribution is -1.98. The molecule has 0 aromatic heterocycles. The molecule has 0 N–H and O–H groups in total. The lowest BCUT2D eigenvalue weighted by Gasteiger charge is -2.06. The van der Waals surface area contributed by atoms with Crippen LogP contribution < -0.4 is 4.74 Å². The summed E-state index contributed by atoms with van der Waals surface area (Å²) in [5.41, 5.74) is 0.511. The average molecular weight is 409 g/mol. The van der Waals surface area contributed by atoms with Crippen molar-refractivity contribution in [3.63, 3.8) is 0 Å². The molecule has 0 bridgehead atoms. The summed E-state index contributed by atoms with van der Waals surface area (Å²) in [5, 5.41) is -0.427. The Balaban J connectivity index is 1.79. The Labute approximate surface area is 178 Å². The van der Waals surface area contributed by atoms with E-state index in [-0.39, 0.29) is 0 Å². The molecule has 0 atom stereocenters. The van der Waals surface area contributed by atoms with E-state index in [4.69, 9.17) is 16.3 Å². The molecule has 28 heavy (non-hydrogen) atoms. The fraction of sp³-hybridized carbons (Fsp3) is 0.720. The molecule has 0 heterocycles. The number of hydrogen-bond donors (Lipinski definition) is 0. The van der Waals surface area contributed by atoms with Gasteiger partial charge in [0.1, 0.15) is 5.75 Å². The van der Waals surface area contributed by atoms with Gasteiger partial charge in [-0.25, -0.2) is 0 Å². The van der Waals surface area contributed by atoms with E-state index in [9.17, 15) is 4.79 Å². The van der Waals surface area contributed by atoms with Crippen molar-refractivity contribution >= 4 is 16.8 Å². The van der Waals surface area contributed by atoms with Gasteiger partial charge in [0.2, 0.25) is 0 Å². The lowest BCUT2D eigenvalue weighted by molar-refractivity contribution is 0.108. The summed E-state index contributed by atoms with van der Waals surface area (Å²) >= 11 is 5.43. The van der Waals surface area contributed by atoms with Crippen LogP contribution in [0.15, 0.2) is 24.3 Å². The van der Waals surface area contributed by atoms with Gasteiger partial charge in [0.15, 0.2) is 0 Å². The van der Waals surface area contributed by atoms with Crippen molar-refractivity contribution in [3.8, 4) is 5.75 Å². The van der Waals surface area contributed by atoms with Gasteiger partial charge in [-0.3, -0.25) is 4.79 Å². The Morgan fingerprint density at radius 2 is 1.07 bits per heavy atom. The highest BCUT2D eigenvalue weighted by molar-refractivity contribution is 6.67. The maximum absolute atomic E-state index is 11.0. The molecule has 0 aliphatic heterocycles. The second-order valence-electron chi connectivity index (χ2n) is 7.95. The second kappa shape index (κ2) is 18.0. The molecule has 1 rings (SSSR count). The highest BCUT2D eigenvalue weighted by atomic mass is 35.5. The number of hydrogen-bond acceptors (Lipinski definition) is 2. The van der Waals surface area contributed by atoms with Gasteiger partial charge in [0, 0.05) is 5.56 Å². The molecule has 1 aromatic carbocycles. The molecule has 2 nitrogen and oxygen atoms in total. The van der Waals surface area contributed by atoms with Crippen LogP contribution in [0.5, 0.6) is 5.75 Å². The maximum Gasteiger partial charge on any atom is 0.252 e. The van der Waals surface area contributed by atoms with Gasteiger partial charge in [-0.05, 0) is 42.3 Å². The number of halogens is 1. The van der Waals surface area contributed by atoms with Crippen LogP contribution >= 0.6 is 11.6 Å². The molecule has 0 amide bonds. The fourth-order valence-corrected chi connectivity index (χ4v) is 3.65. The van der Waals surface area contributed by atoms with Crippen molar-refractivity contribution in [3.05, 3.63) is 29.8 Å². The van der Waals surface area contributed by atoms with E-state index in [2.05, 4.69) is 6.92 Å². The van der Waals surface area contributed by atoms with Crippen LogP contribution in [-0.4, -0.2) is 11.8 Å². The first-order valence-corrected chi connectivity index (χ1v) is 12.0. The van der Waals surface area contributed by atoms with E-state index < -0.39 is 5.24 Å². The molecule has 3 heteroatoms. The first-order chi connectivity index (χ1) is 13.7. The summed E-state index contributed by atoms with van der Waals surface area (Å²) in [4.78, 5) is 11.0. The van der Waals surface area contributed by atoms with Gasteiger partial charge < -0.3 is 4.74 Å². The SMILES string of the molecule is CCCCCCCCCCCCCCCCCCOc1ccc(C(=O)Cl)cc1. The first kappa shape index (κ1) is 25.0. The van der Waals surface area contributed by atoms with Crippen molar-refractivity contribution in [2.75, 3.05) is 6.61 Å². The number of unbranched alkanes of at least 4 members (excludes halogenated alkanes) is 15. The molecule has 0 radical (unpaired) electrons. The molecular formula is C25H41ClO2. The number of rotatable bonds is 19. The molecule has 0 saturated carbocycles. The minimum absolute atomic E-state index is 0.427. The van der Waals surface area contributed by atoms with Crippen LogP contribution in [0.1, 0.15) is 120 Å². The summed E-state index contributed by atoms with van der Waals surface area (Å²) in [6.45, 7) is 3.02. The summed E-state index contributed by atoms with van der Waals surface area (Å²) < 4.78 is 5.71. The summed E-state index contributed by atoms with van der Waals surface area (Å²) in [5.74, 6) is 0.808. The molecular weight excluding hydrogens is 368 g/mol. The standard InChI is InChI=1S/C25H41ClO2/c1-2-3-4-5-6-7-8-9-10-11-12-13-14-15-16-17-22-28-24-20-18-23(19-21-24)25(26)27/h18-21H,2-17,22H2,1H3. The van der Waals surface area contributed by atoms with E-state index in [0.29, 0.717) is 5.56 Å². The smallest absolute Gasteiger partial charge is 0.252 e. The largest absolute Gasteiger partial charge is 0.494 e. The minimum atomic E-state index is -0.427. The summed E-state index contributed by atoms with van der Waals surface area (Å²) in [7, 11) is 0. The Bertz CT molecular complexity index is 484. The van der Waals surface area contributed by atoms with Crippen LogP contribution in [-0.2, 0) is 0 Å². The molecule has 0 spiro atoms. The average Bonchev–Trinajstić information content (AvgIpc) is 2.70. The molecule has 0 aliphatic carbocycles. The Morgan fingerprint density at radius 3 is 1.46 bits per heavy atom. The van der Waals surface area contributed by atoms with Gasteiger partial charge in [0.05, 0.1) is 6.61 Å². The van der Waals surface area contributed by atoms with Crippen LogP contribution in [0.4, 0.5) is 0 Å². The number of benzene rings is 1. The maximum atomic E-state index is 11.0. The minimum Gasteiger partial charge on any atom is -0.494 e. The van der Waals surface area contributed by atoms with Crippen LogP contribution in [0.3, 0.4) is 0 Å². The molecule has 0 unspecified atom stereocenters. The summed E-state index contributed by atoms with van der Waals surface area (Å²) in [6, 6.07) is 7.03. The van der Waals surface area contributed by atoms with Gasteiger partial charge in [-0.2, -0.15) is 0 Å². The predicted octanol–water partition coefficient (Wildman–Crippen LogP) is 8.71. The fourth-order valence-electron chi connectivity index (χ4n) is 3.52. The molecule has 0 saturated heterocycles. The Hall–Kier alpha value is -1.02. The topological polar surface area (TPSA) is 26.3 Å². The molecule has 0 fully saturated rings. The van der Waals surface area contributed by atoms with Crippen LogP contribution in [0.25, 0.3) is 0 Å². The van der Waals surface area contributed by atoms with E-state index in [1.807, 2.05) is 12.1 Å². The first-order valence-electron chi connectivity index (χ1n) is 11.7. The predicted molar refractivity (Wildman–Crippen MR) is 122 cm³/mol. The third-order valence-electron chi connectivity index (χ3n) is 5.35. The van der Waals surface area contributed by atoms with E-state index in [0.717, 1.165) is 18.8 Å². The quantitative estimate of drug-likeness (QED) is 0.169. The van der Waals surface area contributed by atoms with E-state index >= 15 is 0 Å². The van der Waals surface area contributed by atoms with Gasteiger partial charge in [-0.1, -0.05) is 103 Å². The van der Waals surface area contributed by atoms with Crippen LogP contribution in [0, 0.1) is 0 Å². The van der Waals surface area contributed by atoms with Crippen molar-refractivity contribution in [1.29, 1.82) is 0 Å². The van der Waals surface area contributed by atoms with Gasteiger partial charge >= 0.3 is 0 Å². The highest BCUT2D eigenvalue weighted by Gasteiger charge is 2.01. The zero-order chi connectivity index (χ0) is 20.3. The Kier molecular flexibility index (Phi) is 16.1. The van der Waals surface area contributed by atoms with E-state index in [1.54, 1.807) is 12.1 Å². The van der Waals surface area contributed by atoms with Crippen molar-refractivity contribution in [1.82, 2.24) is 0 Å². The zero-order valence-corrected chi connectivity index (χ0v) is 18.8. The van der Waals surface area contributed by atoms with Gasteiger partial charge in [-0.15, -0.1) is 0 Å². The monoisotopic (exact) mass is 408 g/mol. The second-order valence-corrected chi connectivity index (χ2v) is 8.29. The number of carbonyl (C=O) groups is 1. The van der Waals surface area contributed by atoms with Crippen molar-refractivity contribution in [2.24, 2.45) is 0 Å². The lowest BCUT2D eigenvalue weighted by atomic mass is 10.0. The van der Waals surface area contributed by atoms with Gasteiger partial charge in [0.25, 0.3) is 5.24 Å². The third kappa shape index (κ3) is 14.0. The normalized spacial score (nSPS) is 10.9. The Morgan fingerprint density at radius 1 is 0.679 bits per heavy atom. The number of ether oxygens (including phenoxy) is 1. The molecule has 160 valence electrons. The molecule has 0 aliphatic rings. The van der Waals surface area contributed by atoms with Crippen molar-refractivity contribution < 1.29 is 9.53 Å². The zero-order valence-electron chi connectivity index (χ0n) is 18.0. The van der Waals surface area contributed by atoms with Crippen LogP contribution in [0.2, 0.25) is 0 Å². The highest BCUT2D eigenvalue weighted by Crippen LogP contribution is 2.16. The van der Waals surface area contributed by atoms with E-state index in [1.165, 1.54) is 96.3 Å². The summed E-state index contributed by atoms with van der Waals surface area (Å²) in [6.07, 6.45) is 22.0.